The number of carboxylic acids is 1. The van der Waals surface area contributed by atoms with E-state index in [-0.39, 0.29) is 5.69 Å². The largest absolute Gasteiger partial charge is 0.493 e. The van der Waals surface area contributed by atoms with E-state index in [9.17, 15) is 9.90 Å². The van der Waals surface area contributed by atoms with E-state index < -0.39 is 5.97 Å². The first-order chi connectivity index (χ1) is 19.7. The first-order valence-corrected chi connectivity index (χ1v) is 13.5. The summed E-state index contributed by atoms with van der Waals surface area (Å²) >= 11 is 0. The first-order valence-electron chi connectivity index (χ1n) is 13.5. The van der Waals surface area contributed by atoms with Gasteiger partial charge in [-0.15, -0.1) is 0 Å². The number of fused-ring (bicyclic) bond motifs is 2. The monoisotopic (exact) mass is 523 g/mol. The molecule has 0 saturated heterocycles. The summed E-state index contributed by atoms with van der Waals surface area (Å²) in [5, 5.41) is 13.1. The number of aromatic amines is 1. The van der Waals surface area contributed by atoms with Gasteiger partial charge in [-0.05, 0) is 58.2 Å². The molecule has 1 aromatic heterocycles. The molecule has 40 heavy (non-hydrogen) atoms. The van der Waals surface area contributed by atoms with Gasteiger partial charge in [-0.2, -0.15) is 0 Å². The number of hydrogen-bond acceptors (Lipinski definition) is 2. The van der Waals surface area contributed by atoms with Crippen LogP contribution in [0.5, 0.6) is 5.75 Å². The Morgan fingerprint density at radius 1 is 0.750 bits per heavy atom. The molecule has 6 aromatic rings. The molecule has 0 bridgehead atoms. The number of H-pyrrole nitrogens is 1. The van der Waals surface area contributed by atoms with Gasteiger partial charge in [0.15, 0.2) is 0 Å². The summed E-state index contributed by atoms with van der Waals surface area (Å²) in [4.78, 5) is 15.4. The summed E-state index contributed by atoms with van der Waals surface area (Å²) < 4.78 is 6.11. The molecule has 0 aliphatic carbocycles. The molecule has 0 aliphatic rings. The van der Waals surface area contributed by atoms with Crippen molar-refractivity contribution < 1.29 is 14.6 Å². The Labute approximate surface area is 233 Å². The first kappa shape index (κ1) is 25.2. The van der Waals surface area contributed by atoms with Crippen LogP contribution in [0.15, 0.2) is 115 Å². The highest BCUT2D eigenvalue weighted by Crippen LogP contribution is 2.29. The fourth-order valence-corrected chi connectivity index (χ4v) is 5.27. The van der Waals surface area contributed by atoms with E-state index in [4.69, 9.17) is 4.74 Å². The van der Waals surface area contributed by atoms with Gasteiger partial charge in [0.2, 0.25) is 0 Å². The van der Waals surface area contributed by atoms with E-state index in [1.54, 1.807) is 0 Å². The van der Waals surface area contributed by atoms with E-state index in [1.165, 1.54) is 5.56 Å². The van der Waals surface area contributed by atoms with Crippen molar-refractivity contribution in [2.75, 3.05) is 6.61 Å². The van der Waals surface area contributed by atoms with Crippen molar-refractivity contribution in [3.63, 3.8) is 0 Å². The number of rotatable bonds is 9. The molecule has 0 radical (unpaired) electrons. The third-order valence-electron chi connectivity index (χ3n) is 7.21. The van der Waals surface area contributed by atoms with E-state index in [2.05, 4.69) is 65.7 Å². The topological polar surface area (TPSA) is 62.3 Å². The number of ether oxygens (including phenoxy) is 1. The highest BCUT2D eigenvalue weighted by atomic mass is 16.5. The van der Waals surface area contributed by atoms with Crippen molar-refractivity contribution in [2.24, 2.45) is 0 Å². The number of aromatic carboxylic acids is 1. The summed E-state index contributed by atoms with van der Waals surface area (Å²) in [7, 11) is 0. The lowest BCUT2D eigenvalue weighted by Gasteiger charge is -2.09. The van der Waals surface area contributed by atoms with Gasteiger partial charge in [-0.25, -0.2) is 4.79 Å². The standard InChI is InChI=1S/C36H29NO3/c38-36(39)35-32(19-9-23-40-33-20-8-14-27-13-4-5-17-30(27)33)31-18-7-15-28(34(31)37-35)22-21-25-10-6-16-29(24-25)26-11-2-1-3-12-26/h1-8,10-18,20-22,24,37H,9,19,23H2,(H,38,39). The SMILES string of the molecule is O=C(O)c1[nH]c2c(C=Cc3cccc(-c4ccccc4)c3)cccc2c1CCCOc1cccc2ccccc12. The molecular formula is C36H29NO3. The summed E-state index contributed by atoms with van der Waals surface area (Å²) in [6.07, 6.45) is 5.41. The second-order valence-corrected chi connectivity index (χ2v) is 9.81. The van der Waals surface area contributed by atoms with Gasteiger partial charge < -0.3 is 14.8 Å². The summed E-state index contributed by atoms with van der Waals surface area (Å²) in [5.41, 5.74) is 6.24. The van der Waals surface area contributed by atoms with E-state index in [1.807, 2.05) is 66.7 Å². The summed E-state index contributed by atoms with van der Waals surface area (Å²) in [6, 6.07) is 38.9. The van der Waals surface area contributed by atoms with Gasteiger partial charge in [0.05, 0.1) is 12.1 Å². The Balaban J connectivity index is 1.22. The van der Waals surface area contributed by atoms with Crippen LogP contribution in [0.1, 0.15) is 33.6 Å². The number of carboxylic acid groups (broad SMARTS) is 1. The van der Waals surface area contributed by atoms with Crippen LogP contribution in [-0.2, 0) is 6.42 Å². The Morgan fingerprint density at radius 2 is 1.48 bits per heavy atom. The molecule has 0 saturated carbocycles. The van der Waals surface area contributed by atoms with Crippen LogP contribution in [0, 0.1) is 0 Å². The minimum Gasteiger partial charge on any atom is -0.493 e. The zero-order chi connectivity index (χ0) is 27.3. The number of aromatic nitrogens is 1. The molecular weight excluding hydrogens is 494 g/mol. The average Bonchev–Trinajstić information content (AvgIpc) is 3.38. The Bertz CT molecular complexity index is 1830. The van der Waals surface area contributed by atoms with Crippen LogP contribution in [0.4, 0.5) is 0 Å². The Morgan fingerprint density at radius 3 is 2.35 bits per heavy atom. The predicted octanol–water partition coefficient (Wildman–Crippen LogP) is 8.87. The van der Waals surface area contributed by atoms with Crippen molar-refractivity contribution in [3.05, 3.63) is 138 Å². The molecule has 0 atom stereocenters. The molecule has 0 unspecified atom stereocenters. The van der Waals surface area contributed by atoms with Crippen LogP contribution >= 0.6 is 0 Å². The van der Waals surface area contributed by atoms with Crippen molar-refractivity contribution in [1.29, 1.82) is 0 Å². The lowest BCUT2D eigenvalue weighted by atomic mass is 10.0. The molecule has 196 valence electrons. The van der Waals surface area contributed by atoms with E-state index in [0.29, 0.717) is 19.4 Å². The van der Waals surface area contributed by atoms with Gasteiger partial charge in [-0.1, -0.05) is 115 Å². The molecule has 5 aromatic carbocycles. The zero-order valence-corrected chi connectivity index (χ0v) is 22.0. The maximum atomic E-state index is 12.2. The van der Waals surface area contributed by atoms with Crippen molar-refractivity contribution in [2.45, 2.75) is 12.8 Å². The molecule has 4 nitrogen and oxygen atoms in total. The van der Waals surface area contributed by atoms with Crippen LogP contribution in [0.3, 0.4) is 0 Å². The molecule has 4 heteroatoms. The third kappa shape index (κ3) is 5.25. The van der Waals surface area contributed by atoms with Crippen molar-refractivity contribution in [3.8, 4) is 16.9 Å². The molecule has 0 fully saturated rings. The number of benzene rings is 5. The highest BCUT2D eigenvalue weighted by Gasteiger charge is 2.18. The van der Waals surface area contributed by atoms with Crippen LogP contribution in [-0.4, -0.2) is 22.7 Å². The van der Waals surface area contributed by atoms with Crippen molar-refractivity contribution >= 4 is 39.8 Å². The third-order valence-corrected chi connectivity index (χ3v) is 7.21. The highest BCUT2D eigenvalue weighted by molar-refractivity contribution is 6.01. The minimum atomic E-state index is -0.952. The van der Waals surface area contributed by atoms with Gasteiger partial charge in [-0.3, -0.25) is 0 Å². The fourth-order valence-electron chi connectivity index (χ4n) is 5.27. The Hall–Kier alpha value is -5.09. The maximum Gasteiger partial charge on any atom is 0.352 e. The molecule has 1 heterocycles. The number of nitrogens with one attached hydrogen (secondary N) is 1. The average molecular weight is 524 g/mol. The maximum absolute atomic E-state index is 12.2. The van der Waals surface area contributed by atoms with Crippen LogP contribution in [0.25, 0.3) is 45.0 Å². The second kappa shape index (κ2) is 11.3. The summed E-state index contributed by atoms with van der Waals surface area (Å²) in [6.45, 7) is 0.497. The lowest BCUT2D eigenvalue weighted by Crippen LogP contribution is -2.04. The predicted molar refractivity (Wildman–Crippen MR) is 164 cm³/mol. The summed E-state index contributed by atoms with van der Waals surface area (Å²) in [5.74, 6) is -0.106. The number of aryl methyl sites for hydroxylation is 1. The molecule has 6 rings (SSSR count). The number of para-hydroxylation sites is 1. The fraction of sp³-hybridized carbons (Fsp3) is 0.0833. The van der Waals surface area contributed by atoms with Gasteiger partial charge in [0, 0.05) is 10.8 Å². The normalized spacial score (nSPS) is 11.4. The molecule has 0 spiro atoms. The molecule has 0 amide bonds. The van der Waals surface area contributed by atoms with Gasteiger partial charge in [0.25, 0.3) is 0 Å². The second-order valence-electron chi connectivity index (χ2n) is 9.81. The minimum absolute atomic E-state index is 0.243. The van der Waals surface area contributed by atoms with Crippen LogP contribution < -0.4 is 4.74 Å². The number of hydrogen-bond donors (Lipinski definition) is 2. The molecule has 2 N–H and O–H groups in total. The van der Waals surface area contributed by atoms with Crippen molar-refractivity contribution in [1.82, 2.24) is 4.98 Å². The zero-order valence-electron chi connectivity index (χ0n) is 22.0. The van der Waals surface area contributed by atoms with E-state index >= 15 is 0 Å². The molecule has 0 aliphatic heterocycles. The van der Waals surface area contributed by atoms with Crippen LogP contribution in [0.2, 0.25) is 0 Å². The van der Waals surface area contributed by atoms with E-state index in [0.717, 1.165) is 49.7 Å². The van der Waals surface area contributed by atoms with Gasteiger partial charge in [0.1, 0.15) is 11.4 Å². The Kier molecular flexibility index (Phi) is 7.14. The lowest BCUT2D eigenvalue weighted by molar-refractivity contribution is 0.0690. The smallest absolute Gasteiger partial charge is 0.352 e. The van der Waals surface area contributed by atoms with Gasteiger partial charge >= 0.3 is 5.97 Å². The number of carbonyl (C=O) groups is 1. The quantitative estimate of drug-likeness (QED) is 0.147.